The van der Waals surface area contributed by atoms with Gasteiger partial charge in [-0.2, -0.15) is 4.31 Å². The van der Waals surface area contributed by atoms with E-state index in [1.165, 1.54) is 4.31 Å². The average molecular weight is 354 g/mol. The lowest BCUT2D eigenvalue weighted by molar-refractivity contribution is -0.122. The van der Waals surface area contributed by atoms with E-state index in [1.807, 2.05) is 26.8 Å². The Morgan fingerprint density at radius 2 is 1.96 bits per heavy atom. The van der Waals surface area contributed by atoms with Crippen LogP contribution in [0.4, 0.5) is 0 Å². The van der Waals surface area contributed by atoms with Crippen LogP contribution in [0.1, 0.15) is 45.1 Å². The van der Waals surface area contributed by atoms with Crippen molar-refractivity contribution >= 4 is 15.9 Å². The molecule has 1 aliphatic rings. The van der Waals surface area contributed by atoms with Gasteiger partial charge < -0.3 is 10.5 Å². The van der Waals surface area contributed by atoms with Crippen LogP contribution in [0.3, 0.4) is 0 Å². The molecule has 7 heteroatoms. The Bertz CT molecular complexity index is 693. The number of hydrogen-bond acceptors (Lipinski definition) is 4. The Hall–Kier alpha value is -1.60. The van der Waals surface area contributed by atoms with Crippen LogP contribution in [-0.2, 0) is 14.8 Å². The third-order valence-corrected chi connectivity index (χ3v) is 6.33. The van der Waals surface area contributed by atoms with Crippen molar-refractivity contribution in [2.75, 3.05) is 19.7 Å². The highest BCUT2D eigenvalue weighted by molar-refractivity contribution is 7.89. The van der Waals surface area contributed by atoms with E-state index in [0.29, 0.717) is 38.3 Å². The van der Waals surface area contributed by atoms with Gasteiger partial charge in [0.15, 0.2) is 0 Å². The normalized spacial score (nSPS) is 17.2. The van der Waals surface area contributed by atoms with Crippen LogP contribution in [0.25, 0.3) is 0 Å². The zero-order valence-corrected chi connectivity index (χ0v) is 15.3. The molecular weight excluding hydrogens is 328 g/mol. The number of sulfonamides is 1. The quantitative estimate of drug-likeness (QED) is 0.847. The highest BCUT2D eigenvalue weighted by atomic mass is 32.2. The van der Waals surface area contributed by atoms with E-state index in [1.54, 1.807) is 12.1 Å². The number of nitrogens with two attached hydrogens (primary N) is 1. The number of piperidine rings is 1. The van der Waals surface area contributed by atoms with E-state index in [2.05, 4.69) is 0 Å². The Balaban J connectivity index is 2.34. The summed E-state index contributed by atoms with van der Waals surface area (Å²) in [6.45, 7) is 6.86. The molecule has 1 amide bonds. The van der Waals surface area contributed by atoms with E-state index >= 15 is 0 Å². The fourth-order valence-electron chi connectivity index (χ4n) is 2.88. The van der Waals surface area contributed by atoms with Crippen molar-refractivity contribution < 1.29 is 17.9 Å². The van der Waals surface area contributed by atoms with Gasteiger partial charge in [-0.3, -0.25) is 4.79 Å². The van der Waals surface area contributed by atoms with Gasteiger partial charge >= 0.3 is 0 Å². The Labute approximate surface area is 144 Å². The Morgan fingerprint density at radius 3 is 2.46 bits per heavy atom. The fourth-order valence-corrected chi connectivity index (χ4v) is 4.52. The summed E-state index contributed by atoms with van der Waals surface area (Å²) in [6.07, 6.45) is 0.921. The van der Waals surface area contributed by atoms with Gasteiger partial charge in [0, 0.05) is 19.0 Å². The van der Waals surface area contributed by atoms with Crippen LogP contribution in [0, 0.1) is 5.92 Å². The van der Waals surface area contributed by atoms with Crippen molar-refractivity contribution in [3.05, 3.63) is 23.8 Å². The van der Waals surface area contributed by atoms with E-state index < -0.39 is 10.0 Å². The molecule has 0 aromatic heterocycles. The van der Waals surface area contributed by atoms with Crippen molar-refractivity contribution in [3.63, 3.8) is 0 Å². The predicted octanol–water partition coefficient (Wildman–Crippen LogP) is 2.09. The number of nitrogens with zero attached hydrogens (tertiary/aromatic N) is 1. The van der Waals surface area contributed by atoms with Crippen molar-refractivity contribution in [3.8, 4) is 5.75 Å². The van der Waals surface area contributed by atoms with Crippen LogP contribution >= 0.6 is 0 Å². The van der Waals surface area contributed by atoms with E-state index in [0.717, 1.165) is 5.56 Å². The number of carbonyl (C=O) groups is 1. The van der Waals surface area contributed by atoms with Crippen LogP contribution in [0.5, 0.6) is 5.75 Å². The summed E-state index contributed by atoms with van der Waals surface area (Å²) in [7, 11) is -3.66. The first-order chi connectivity index (χ1) is 11.3. The van der Waals surface area contributed by atoms with Gasteiger partial charge in [0.25, 0.3) is 0 Å². The molecule has 0 radical (unpaired) electrons. The zero-order chi connectivity index (χ0) is 17.9. The van der Waals surface area contributed by atoms with Crippen molar-refractivity contribution in [2.24, 2.45) is 11.7 Å². The predicted molar refractivity (Wildman–Crippen MR) is 92.4 cm³/mol. The molecule has 0 atom stereocenters. The third kappa shape index (κ3) is 3.89. The lowest BCUT2D eigenvalue weighted by Gasteiger charge is -2.30. The molecular formula is C17H26N2O4S. The van der Waals surface area contributed by atoms with Gasteiger partial charge in [-0.1, -0.05) is 19.9 Å². The summed E-state index contributed by atoms with van der Waals surface area (Å²) in [4.78, 5) is 11.5. The van der Waals surface area contributed by atoms with Crippen LogP contribution in [-0.4, -0.2) is 38.3 Å². The minimum atomic E-state index is -3.66. The molecule has 134 valence electrons. The second-order valence-electron chi connectivity index (χ2n) is 6.37. The monoisotopic (exact) mass is 354 g/mol. The summed E-state index contributed by atoms with van der Waals surface area (Å²) in [5.41, 5.74) is 6.27. The Morgan fingerprint density at radius 1 is 1.33 bits per heavy atom. The largest absolute Gasteiger partial charge is 0.492 e. The summed E-state index contributed by atoms with van der Waals surface area (Å²) in [5, 5.41) is 0. The SMILES string of the molecule is CCOc1ccc(C(C)C)cc1S(=O)(=O)N1CCC(C(N)=O)CC1. The molecule has 1 heterocycles. The minimum Gasteiger partial charge on any atom is -0.492 e. The topological polar surface area (TPSA) is 89.7 Å². The molecule has 1 aromatic carbocycles. The standard InChI is InChI=1S/C17H26N2O4S/c1-4-23-15-6-5-14(12(2)3)11-16(15)24(21,22)19-9-7-13(8-10-19)17(18)20/h5-6,11-13H,4,7-10H2,1-3H3,(H2,18,20). The van der Waals surface area contributed by atoms with Crippen molar-refractivity contribution in [1.29, 1.82) is 0 Å². The molecule has 0 bridgehead atoms. The smallest absolute Gasteiger partial charge is 0.246 e. The first-order valence-electron chi connectivity index (χ1n) is 8.33. The summed E-state index contributed by atoms with van der Waals surface area (Å²) in [5.74, 6) is -0.0113. The molecule has 0 unspecified atom stereocenters. The fraction of sp³-hybridized carbons (Fsp3) is 0.588. The summed E-state index contributed by atoms with van der Waals surface area (Å²) < 4.78 is 33.1. The maximum absolute atomic E-state index is 13.1. The number of carbonyl (C=O) groups excluding carboxylic acids is 1. The van der Waals surface area contributed by atoms with Gasteiger partial charge in [0.2, 0.25) is 15.9 Å². The number of primary amides is 1. The van der Waals surface area contributed by atoms with E-state index in [4.69, 9.17) is 10.5 Å². The zero-order valence-electron chi connectivity index (χ0n) is 14.5. The van der Waals surface area contributed by atoms with E-state index in [-0.39, 0.29) is 22.6 Å². The maximum Gasteiger partial charge on any atom is 0.246 e. The lowest BCUT2D eigenvalue weighted by Crippen LogP contribution is -2.41. The number of amides is 1. The van der Waals surface area contributed by atoms with E-state index in [9.17, 15) is 13.2 Å². The number of ether oxygens (including phenoxy) is 1. The molecule has 1 saturated heterocycles. The van der Waals surface area contributed by atoms with Gasteiger partial charge in [0.1, 0.15) is 10.6 Å². The number of benzene rings is 1. The molecule has 2 rings (SSSR count). The van der Waals surface area contributed by atoms with Crippen molar-refractivity contribution in [1.82, 2.24) is 4.31 Å². The highest BCUT2D eigenvalue weighted by Crippen LogP contribution is 2.32. The van der Waals surface area contributed by atoms with Crippen molar-refractivity contribution in [2.45, 2.75) is 44.4 Å². The molecule has 1 fully saturated rings. The van der Waals surface area contributed by atoms with Gasteiger partial charge in [-0.25, -0.2) is 8.42 Å². The van der Waals surface area contributed by atoms with Gasteiger partial charge in [-0.05, 0) is 43.4 Å². The molecule has 0 saturated carbocycles. The second kappa shape index (κ2) is 7.53. The Kier molecular flexibility index (Phi) is 5.87. The number of hydrogen-bond donors (Lipinski definition) is 1. The molecule has 1 aromatic rings. The first kappa shape index (κ1) is 18.7. The second-order valence-corrected chi connectivity index (χ2v) is 8.28. The maximum atomic E-state index is 13.1. The minimum absolute atomic E-state index is 0.202. The molecule has 0 spiro atoms. The van der Waals surface area contributed by atoms with Gasteiger partial charge in [0.05, 0.1) is 6.61 Å². The first-order valence-corrected chi connectivity index (χ1v) is 9.77. The molecule has 6 nitrogen and oxygen atoms in total. The van der Waals surface area contributed by atoms with Crippen LogP contribution in [0.2, 0.25) is 0 Å². The lowest BCUT2D eigenvalue weighted by atomic mass is 9.98. The highest BCUT2D eigenvalue weighted by Gasteiger charge is 2.33. The molecule has 0 aliphatic carbocycles. The summed E-state index contributed by atoms with van der Waals surface area (Å²) in [6, 6.07) is 5.32. The molecule has 2 N–H and O–H groups in total. The van der Waals surface area contributed by atoms with Crippen LogP contribution < -0.4 is 10.5 Å². The van der Waals surface area contributed by atoms with Crippen LogP contribution in [0.15, 0.2) is 23.1 Å². The third-order valence-electron chi connectivity index (χ3n) is 4.41. The van der Waals surface area contributed by atoms with Gasteiger partial charge in [-0.15, -0.1) is 0 Å². The molecule has 1 aliphatic heterocycles. The summed E-state index contributed by atoms with van der Waals surface area (Å²) >= 11 is 0. The molecule has 24 heavy (non-hydrogen) atoms. The number of rotatable bonds is 6. The average Bonchev–Trinajstić information content (AvgIpc) is 2.55.